The highest BCUT2D eigenvalue weighted by atomic mass is 32.2. The highest BCUT2D eigenvalue weighted by molar-refractivity contribution is 7.90. The number of ether oxygens (including phenoxy) is 1. The Kier molecular flexibility index (Phi) is 4.94. The summed E-state index contributed by atoms with van der Waals surface area (Å²) in [7, 11) is 0. The molecule has 1 aliphatic carbocycles. The predicted octanol–water partition coefficient (Wildman–Crippen LogP) is 2.98. The number of pyridine rings is 1. The summed E-state index contributed by atoms with van der Waals surface area (Å²) in [6, 6.07) is 3.82. The smallest absolute Gasteiger partial charge is 0.137 e. The maximum absolute atomic E-state index is 12.0. The van der Waals surface area contributed by atoms with Crippen LogP contribution in [0.25, 0.3) is 0 Å². The summed E-state index contributed by atoms with van der Waals surface area (Å²) in [5.74, 6) is 1.55. The lowest BCUT2D eigenvalue weighted by Crippen LogP contribution is -2.40. The van der Waals surface area contributed by atoms with Gasteiger partial charge in [0.25, 0.3) is 0 Å². The fraction of sp³-hybridized carbons (Fsp3) is 0.667. The molecule has 0 amide bonds. The van der Waals surface area contributed by atoms with Crippen molar-refractivity contribution in [3.63, 3.8) is 0 Å². The van der Waals surface area contributed by atoms with E-state index in [4.69, 9.17) is 4.74 Å². The van der Waals surface area contributed by atoms with Crippen LogP contribution in [0.1, 0.15) is 52.3 Å². The maximum Gasteiger partial charge on any atom is 0.137 e. The third-order valence-corrected chi connectivity index (χ3v) is 4.91. The number of aromatic nitrogens is 1. The fourth-order valence-corrected chi connectivity index (χ4v) is 2.42. The van der Waals surface area contributed by atoms with E-state index in [1.165, 1.54) is 12.8 Å². The molecule has 0 spiro atoms. The monoisotopic (exact) mass is 296 g/mol. The molecular weight excluding hydrogens is 272 g/mol. The van der Waals surface area contributed by atoms with Crippen LogP contribution in [0.5, 0.6) is 5.75 Å². The van der Waals surface area contributed by atoms with Gasteiger partial charge in [0.05, 0.1) is 24.5 Å². The van der Waals surface area contributed by atoms with E-state index in [1.54, 1.807) is 6.20 Å². The summed E-state index contributed by atoms with van der Waals surface area (Å²) >= 11 is -1.10. The van der Waals surface area contributed by atoms with Crippen LogP contribution < -0.4 is 9.46 Å². The number of nitrogens with one attached hydrogen (secondary N) is 1. The van der Waals surface area contributed by atoms with Gasteiger partial charge in [-0.3, -0.25) is 4.98 Å². The van der Waals surface area contributed by atoms with Gasteiger partial charge in [0, 0.05) is 11.4 Å². The van der Waals surface area contributed by atoms with E-state index >= 15 is 0 Å². The van der Waals surface area contributed by atoms with Gasteiger partial charge in [-0.2, -0.15) is 0 Å². The minimum atomic E-state index is -1.10. The molecule has 1 heterocycles. The summed E-state index contributed by atoms with van der Waals surface area (Å²) < 4.78 is 20.5. The SMILES string of the molecule is CC(N[S@+]([O-])C(C)(C)C)c1ccc(OCC2CC2)cn1. The summed E-state index contributed by atoms with van der Waals surface area (Å²) in [4.78, 5) is 4.39. The predicted molar refractivity (Wildman–Crippen MR) is 81.9 cm³/mol. The summed E-state index contributed by atoms with van der Waals surface area (Å²) in [5, 5.41) is 0. The second-order valence-electron chi connectivity index (χ2n) is 6.39. The van der Waals surface area contributed by atoms with Crippen molar-refractivity contribution in [2.75, 3.05) is 6.61 Å². The molecule has 0 aromatic carbocycles. The van der Waals surface area contributed by atoms with Crippen molar-refractivity contribution in [2.45, 2.75) is 51.3 Å². The van der Waals surface area contributed by atoms with Crippen LogP contribution in [0.2, 0.25) is 0 Å². The molecule has 1 aliphatic rings. The zero-order chi connectivity index (χ0) is 14.8. The molecule has 4 nitrogen and oxygen atoms in total. The molecule has 1 aromatic heterocycles. The van der Waals surface area contributed by atoms with Crippen LogP contribution in [0.15, 0.2) is 18.3 Å². The molecule has 5 heteroatoms. The van der Waals surface area contributed by atoms with Gasteiger partial charge < -0.3 is 9.29 Å². The number of nitrogens with zero attached hydrogens (tertiary/aromatic N) is 1. The Hall–Kier alpha value is -0.780. The second kappa shape index (κ2) is 6.33. The average molecular weight is 296 g/mol. The van der Waals surface area contributed by atoms with Crippen LogP contribution in [0, 0.1) is 5.92 Å². The maximum atomic E-state index is 12.0. The van der Waals surface area contributed by atoms with Gasteiger partial charge in [-0.05, 0) is 58.6 Å². The summed E-state index contributed by atoms with van der Waals surface area (Å²) in [5.41, 5.74) is 0.876. The Morgan fingerprint density at radius 3 is 2.65 bits per heavy atom. The van der Waals surface area contributed by atoms with Crippen molar-refractivity contribution in [1.82, 2.24) is 9.71 Å². The van der Waals surface area contributed by atoms with E-state index in [0.717, 1.165) is 24.0 Å². The molecule has 2 atom stereocenters. The first-order valence-corrected chi connectivity index (χ1v) is 8.28. The lowest BCUT2D eigenvalue weighted by molar-refractivity contribution is 0.298. The van der Waals surface area contributed by atoms with Crippen LogP contribution in [-0.2, 0) is 11.4 Å². The number of hydrogen-bond donors (Lipinski definition) is 1. The summed E-state index contributed by atoms with van der Waals surface area (Å²) in [6.45, 7) is 8.61. The summed E-state index contributed by atoms with van der Waals surface area (Å²) in [6.07, 6.45) is 4.31. The zero-order valence-electron chi connectivity index (χ0n) is 12.7. The Morgan fingerprint density at radius 2 is 2.15 bits per heavy atom. The Balaban J connectivity index is 1.87. The molecule has 1 N–H and O–H groups in total. The van der Waals surface area contributed by atoms with Crippen molar-refractivity contribution in [1.29, 1.82) is 0 Å². The molecule has 0 saturated heterocycles. The first-order valence-electron chi connectivity index (χ1n) is 7.13. The van der Waals surface area contributed by atoms with E-state index in [2.05, 4.69) is 9.71 Å². The van der Waals surface area contributed by atoms with Gasteiger partial charge in [0.15, 0.2) is 0 Å². The van der Waals surface area contributed by atoms with Gasteiger partial charge in [0.2, 0.25) is 0 Å². The Bertz CT molecular complexity index is 426. The molecule has 1 saturated carbocycles. The first-order chi connectivity index (χ1) is 9.36. The number of rotatable bonds is 6. The van der Waals surface area contributed by atoms with Gasteiger partial charge in [-0.15, -0.1) is 4.72 Å². The van der Waals surface area contributed by atoms with Crippen molar-refractivity contribution in [3.05, 3.63) is 24.0 Å². The molecule has 20 heavy (non-hydrogen) atoms. The van der Waals surface area contributed by atoms with E-state index in [-0.39, 0.29) is 10.8 Å². The lowest BCUT2D eigenvalue weighted by Gasteiger charge is -2.26. The van der Waals surface area contributed by atoms with Gasteiger partial charge >= 0.3 is 0 Å². The zero-order valence-corrected chi connectivity index (χ0v) is 13.5. The van der Waals surface area contributed by atoms with Crippen LogP contribution in [0.4, 0.5) is 0 Å². The molecule has 1 aromatic rings. The molecule has 0 aliphatic heterocycles. The first kappa shape index (κ1) is 15.6. The number of hydrogen-bond acceptors (Lipinski definition) is 4. The Labute approximate surface area is 124 Å². The van der Waals surface area contributed by atoms with Crippen LogP contribution in [0.3, 0.4) is 0 Å². The molecule has 2 rings (SSSR count). The second-order valence-corrected chi connectivity index (χ2v) is 8.39. The van der Waals surface area contributed by atoms with Gasteiger partial charge in [0.1, 0.15) is 10.5 Å². The minimum absolute atomic E-state index is 0.0486. The quantitative estimate of drug-likeness (QED) is 0.820. The van der Waals surface area contributed by atoms with E-state index < -0.39 is 11.4 Å². The molecule has 1 fully saturated rings. The molecule has 112 valence electrons. The van der Waals surface area contributed by atoms with E-state index in [0.29, 0.717) is 0 Å². The largest absolute Gasteiger partial charge is 0.598 e. The standard InChI is InChI=1S/C15H24N2O2S/c1-11(17-20(18)15(2,3)4)14-8-7-13(9-16-14)19-10-12-5-6-12/h7-9,11-12,17H,5-6,10H2,1-4H3/t11?,20-/m1/s1. The van der Waals surface area contributed by atoms with Gasteiger partial charge in [-0.25, -0.2) is 0 Å². The van der Waals surface area contributed by atoms with Crippen molar-refractivity contribution < 1.29 is 9.29 Å². The molecule has 0 radical (unpaired) electrons. The third kappa shape index (κ3) is 4.65. The van der Waals surface area contributed by atoms with Crippen LogP contribution >= 0.6 is 0 Å². The normalized spacial score (nSPS) is 18.6. The topological polar surface area (TPSA) is 57.2 Å². The molecule has 1 unspecified atom stereocenters. The van der Waals surface area contributed by atoms with E-state index in [9.17, 15) is 4.55 Å². The van der Waals surface area contributed by atoms with Crippen molar-refractivity contribution in [3.8, 4) is 5.75 Å². The Morgan fingerprint density at radius 1 is 1.45 bits per heavy atom. The lowest BCUT2D eigenvalue weighted by atomic mass is 10.2. The average Bonchev–Trinajstić information content (AvgIpc) is 3.19. The highest BCUT2D eigenvalue weighted by Gasteiger charge is 2.28. The van der Waals surface area contributed by atoms with Crippen molar-refractivity contribution in [2.24, 2.45) is 5.92 Å². The minimum Gasteiger partial charge on any atom is -0.598 e. The molecule has 0 bridgehead atoms. The van der Waals surface area contributed by atoms with Crippen LogP contribution in [-0.4, -0.2) is 20.9 Å². The highest BCUT2D eigenvalue weighted by Crippen LogP contribution is 2.29. The van der Waals surface area contributed by atoms with Gasteiger partial charge in [-0.1, -0.05) is 0 Å². The van der Waals surface area contributed by atoms with E-state index in [1.807, 2.05) is 39.8 Å². The third-order valence-electron chi connectivity index (χ3n) is 3.23. The molecular formula is C15H24N2O2S. The van der Waals surface area contributed by atoms with Crippen molar-refractivity contribution >= 4 is 11.4 Å². The fourth-order valence-electron chi connectivity index (χ4n) is 1.63.